The molecule has 0 spiro atoms. The molecule has 0 aliphatic carbocycles. The summed E-state index contributed by atoms with van der Waals surface area (Å²) in [6, 6.07) is 85.6. The number of benzene rings is 11. The summed E-state index contributed by atoms with van der Waals surface area (Å²) < 4.78 is 2.43. The third-order valence-electron chi connectivity index (χ3n) is 12.5. The van der Waals surface area contributed by atoms with Gasteiger partial charge in [-0.25, -0.2) is 0 Å². The SMILES string of the molecule is c1ccc(Nc2cc(-c3ccc4ccccc4c3)cc3c4cc(-c5ccc6ccccc6c5)ccc4n(-c4ccc(Nc5ccccc5-c5ccc6ccccc6c5)cc4)c23)cc1. The predicted molar refractivity (Wildman–Crippen MR) is 269 cm³/mol. The van der Waals surface area contributed by atoms with Crippen molar-refractivity contribution in [2.45, 2.75) is 0 Å². The van der Waals surface area contributed by atoms with E-state index in [-0.39, 0.29) is 0 Å². The van der Waals surface area contributed by atoms with E-state index in [2.05, 4.69) is 252 Å². The third kappa shape index (κ3) is 6.73. The molecule has 0 amide bonds. The molecular formula is C60H41N3. The van der Waals surface area contributed by atoms with Crippen LogP contribution in [0.4, 0.5) is 22.7 Å². The molecule has 0 atom stereocenters. The zero-order chi connectivity index (χ0) is 41.7. The molecular weight excluding hydrogens is 763 g/mol. The van der Waals surface area contributed by atoms with Crippen molar-refractivity contribution in [3.63, 3.8) is 0 Å². The first-order valence-corrected chi connectivity index (χ1v) is 21.6. The summed E-state index contributed by atoms with van der Waals surface area (Å²) in [5.74, 6) is 0. The van der Waals surface area contributed by atoms with Crippen molar-refractivity contribution in [1.82, 2.24) is 4.57 Å². The van der Waals surface area contributed by atoms with Crippen LogP contribution in [0.5, 0.6) is 0 Å². The summed E-state index contributed by atoms with van der Waals surface area (Å²) >= 11 is 0. The van der Waals surface area contributed by atoms with Crippen LogP contribution in [0, 0.1) is 0 Å². The summed E-state index contributed by atoms with van der Waals surface area (Å²) in [5, 5.41) is 17.4. The number of fused-ring (bicyclic) bond motifs is 6. The van der Waals surface area contributed by atoms with Gasteiger partial charge < -0.3 is 15.2 Å². The molecule has 1 heterocycles. The first-order chi connectivity index (χ1) is 31.2. The second-order valence-corrected chi connectivity index (χ2v) is 16.4. The normalized spacial score (nSPS) is 11.5. The van der Waals surface area contributed by atoms with E-state index in [1.54, 1.807) is 0 Å². The topological polar surface area (TPSA) is 29.0 Å². The maximum atomic E-state index is 3.88. The van der Waals surface area contributed by atoms with E-state index in [0.717, 1.165) is 50.6 Å². The number of aromatic nitrogens is 1. The summed E-state index contributed by atoms with van der Waals surface area (Å²) in [7, 11) is 0. The van der Waals surface area contributed by atoms with Crippen LogP contribution in [0.2, 0.25) is 0 Å². The molecule has 0 saturated carbocycles. The zero-order valence-corrected chi connectivity index (χ0v) is 34.5. The lowest BCUT2D eigenvalue weighted by molar-refractivity contribution is 1.18. The van der Waals surface area contributed by atoms with Crippen LogP contribution in [0.15, 0.2) is 237 Å². The monoisotopic (exact) mass is 803 g/mol. The van der Waals surface area contributed by atoms with Gasteiger partial charge >= 0.3 is 0 Å². The fraction of sp³-hybridized carbons (Fsp3) is 0. The highest BCUT2D eigenvalue weighted by Gasteiger charge is 2.20. The Kier molecular flexibility index (Phi) is 8.83. The van der Waals surface area contributed by atoms with Gasteiger partial charge in [-0.2, -0.15) is 0 Å². The minimum atomic E-state index is 1.02. The molecule has 0 unspecified atom stereocenters. The first-order valence-electron chi connectivity index (χ1n) is 21.6. The number of hydrogen-bond acceptors (Lipinski definition) is 2. The molecule has 0 saturated heterocycles. The zero-order valence-electron chi connectivity index (χ0n) is 34.5. The maximum Gasteiger partial charge on any atom is 0.0777 e. The third-order valence-corrected chi connectivity index (χ3v) is 12.5. The molecule has 0 radical (unpaired) electrons. The van der Waals surface area contributed by atoms with Gasteiger partial charge in [-0.15, -0.1) is 0 Å². The van der Waals surface area contributed by atoms with Gasteiger partial charge in [0.2, 0.25) is 0 Å². The second kappa shape index (κ2) is 15.3. The van der Waals surface area contributed by atoms with Crippen LogP contribution in [0.1, 0.15) is 0 Å². The molecule has 11 aromatic carbocycles. The van der Waals surface area contributed by atoms with Gasteiger partial charge in [0.15, 0.2) is 0 Å². The molecule has 0 fully saturated rings. The Labute approximate surface area is 366 Å². The number of hydrogen-bond donors (Lipinski definition) is 2. The van der Waals surface area contributed by atoms with Gasteiger partial charge in [0, 0.05) is 39.1 Å². The van der Waals surface area contributed by atoms with E-state index in [1.165, 1.54) is 65.3 Å². The van der Waals surface area contributed by atoms with Gasteiger partial charge in [-0.1, -0.05) is 152 Å². The molecule has 296 valence electrons. The van der Waals surface area contributed by atoms with E-state index in [9.17, 15) is 0 Å². The van der Waals surface area contributed by atoms with Crippen LogP contribution in [-0.2, 0) is 0 Å². The van der Waals surface area contributed by atoms with Gasteiger partial charge in [0.25, 0.3) is 0 Å². The van der Waals surface area contributed by atoms with Crippen LogP contribution in [-0.4, -0.2) is 4.57 Å². The molecule has 3 heteroatoms. The Bertz CT molecular complexity index is 3680. The van der Waals surface area contributed by atoms with E-state index >= 15 is 0 Å². The van der Waals surface area contributed by atoms with Crippen LogP contribution in [0.3, 0.4) is 0 Å². The Morgan fingerprint density at radius 3 is 1.43 bits per heavy atom. The Balaban J connectivity index is 1.02. The maximum absolute atomic E-state index is 3.88. The van der Waals surface area contributed by atoms with E-state index in [1.807, 2.05) is 0 Å². The Morgan fingerprint density at radius 2 is 0.762 bits per heavy atom. The molecule has 12 rings (SSSR count). The molecule has 12 aromatic rings. The molecule has 63 heavy (non-hydrogen) atoms. The number of anilines is 4. The fourth-order valence-corrected chi connectivity index (χ4v) is 9.32. The van der Waals surface area contributed by atoms with Gasteiger partial charge in [0.1, 0.15) is 0 Å². The fourth-order valence-electron chi connectivity index (χ4n) is 9.32. The number of rotatable bonds is 8. The lowest BCUT2D eigenvalue weighted by Crippen LogP contribution is -1.99. The minimum Gasteiger partial charge on any atom is -0.355 e. The van der Waals surface area contributed by atoms with Crippen molar-refractivity contribution < 1.29 is 0 Å². The van der Waals surface area contributed by atoms with Crippen LogP contribution in [0.25, 0.3) is 93.2 Å². The molecule has 1 aromatic heterocycles. The van der Waals surface area contributed by atoms with Crippen LogP contribution < -0.4 is 10.6 Å². The molecule has 0 aliphatic rings. The van der Waals surface area contributed by atoms with Crippen molar-refractivity contribution in [2.24, 2.45) is 0 Å². The van der Waals surface area contributed by atoms with Crippen molar-refractivity contribution in [3.8, 4) is 39.1 Å². The number of nitrogens with zero attached hydrogens (tertiary/aromatic N) is 1. The van der Waals surface area contributed by atoms with E-state index in [0.29, 0.717) is 0 Å². The van der Waals surface area contributed by atoms with Crippen molar-refractivity contribution in [2.75, 3.05) is 10.6 Å². The molecule has 3 nitrogen and oxygen atoms in total. The standard InChI is InChI=1S/C60H41N3/c1-2-18-51(19-3-1)62-58-39-50(47-26-23-41-13-5-8-16-44(41)35-47)38-56-55-37-48(46-25-22-40-12-4-7-15-43(40)34-46)28-33-59(55)63(60(56)58)53-31-29-52(30-32-53)61-57-21-11-10-20-54(57)49-27-24-42-14-6-9-17-45(42)36-49/h1-39,61-62H. The lowest BCUT2D eigenvalue weighted by atomic mass is 9.97. The summed E-state index contributed by atoms with van der Waals surface area (Å²) in [6.07, 6.45) is 0. The van der Waals surface area contributed by atoms with Crippen molar-refractivity contribution in [3.05, 3.63) is 237 Å². The smallest absolute Gasteiger partial charge is 0.0777 e. The van der Waals surface area contributed by atoms with Crippen LogP contribution >= 0.6 is 0 Å². The van der Waals surface area contributed by atoms with E-state index in [4.69, 9.17) is 0 Å². The largest absolute Gasteiger partial charge is 0.355 e. The quantitative estimate of drug-likeness (QED) is 0.160. The molecule has 0 bridgehead atoms. The molecule has 0 aliphatic heterocycles. The highest BCUT2D eigenvalue weighted by atomic mass is 15.0. The lowest BCUT2D eigenvalue weighted by Gasteiger charge is -2.16. The number of nitrogens with one attached hydrogen (secondary N) is 2. The van der Waals surface area contributed by atoms with Gasteiger partial charge in [0.05, 0.1) is 16.7 Å². The Morgan fingerprint density at radius 1 is 0.286 bits per heavy atom. The minimum absolute atomic E-state index is 1.02. The highest BCUT2D eigenvalue weighted by molar-refractivity contribution is 6.16. The molecule has 2 N–H and O–H groups in total. The average molecular weight is 804 g/mol. The van der Waals surface area contributed by atoms with Crippen molar-refractivity contribution >= 4 is 76.9 Å². The second-order valence-electron chi connectivity index (χ2n) is 16.4. The van der Waals surface area contributed by atoms with Gasteiger partial charge in [-0.3, -0.25) is 0 Å². The first kappa shape index (κ1) is 36.5. The predicted octanol–water partition coefficient (Wildman–Crippen LogP) is 16.7. The number of para-hydroxylation sites is 2. The average Bonchev–Trinajstić information content (AvgIpc) is 3.68. The summed E-state index contributed by atoms with van der Waals surface area (Å²) in [5.41, 5.74) is 14.6. The van der Waals surface area contributed by atoms with E-state index < -0.39 is 0 Å². The highest BCUT2D eigenvalue weighted by Crippen LogP contribution is 2.43. The van der Waals surface area contributed by atoms with Gasteiger partial charge in [-0.05, 0) is 145 Å². The summed E-state index contributed by atoms with van der Waals surface area (Å²) in [4.78, 5) is 0. The summed E-state index contributed by atoms with van der Waals surface area (Å²) in [6.45, 7) is 0. The Hall–Kier alpha value is -8.40. The van der Waals surface area contributed by atoms with Crippen molar-refractivity contribution in [1.29, 1.82) is 0 Å².